The summed E-state index contributed by atoms with van der Waals surface area (Å²) < 4.78 is 0. The lowest BCUT2D eigenvalue weighted by atomic mass is 10.0. The number of aromatic amines is 1. The van der Waals surface area contributed by atoms with Crippen LogP contribution < -0.4 is 11.1 Å². The summed E-state index contributed by atoms with van der Waals surface area (Å²) in [6, 6.07) is 1.98. The molecule has 0 spiro atoms. The molecule has 4 N–H and O–H groups in total. The molecule has 0 aliphatic carbocycles. The molecule has 1 aromatic rings. The monoisotopic (exact) mass is 163 g/mol. The number of aromatic nitrogens is 1. The second kappa shape index (κ2) is 3.03. The fourth-order valence-electron chi connectivity index (χ4n) is 1.48. The SMILES string of the molecule is Nc1cc(C2=CCNCC2)c[nH]1. The maximum absolute atomic E-state index is 5.59. The van der Waals surface area contributed by atoms with Crippen molar-refractivity contribution in [1.29, 1.82) is 0 Å². The molecule has 0 aromatic carbocycles. The largest absolute Gasteiger partial charge is 0.385 e. The fourth-order valence-corrected chi connectivity index (χ4v) is 1.48. The Morgan fingerprint density at radius 3 is 2.92 bits per heavy atom. The van der Waals surface area contributed by atoms with Crippen molar-refractivity contribution in [3.63, 3.8) is 0 Å². The normalized spacial score (nSPS) is 17.5. The highest BCUT2D eigenvalue weighted by Crippen LogP contribution is 2.20. The van der Waals surface area contributed by atoms with Gasteiger partial charge in [-0.15, -0.1) is 0 Å². The molecule has 0 atom stereocenters. The number of rotatable bonds is 1. The second-order valence-electron chi connectivity index (χ2n) is 3.03. The van der Waals surface area contributed by atoms with Crippen LogP contribution in [0.3, 0.4) is 0 Å². The van der Waals surface area contributed by atoms with Gasteiger partial charge in [-0.05, 0) is 30.2 Å². The van der Waals surface area contributed by atoms with E-state index in [1.54, 1.807) is 0 Å². The van der Waals surface area contributed by atoms with Crippen LogP contribution in [0.4, 0.5) is 5.82 Å². The summed E-state index contributed by atoms with van der Waals surface area (Å²) in [6.07, 6.45) is 5.27. The molecule has 3 heteroatoms. The highest BCUT2D eigenvalue weighted by atomic mass is 14.9. The van der Waals surface area contributed by atoms with Crippen molar-refractivity contribution in [3.05, 3.63) is 23.9 Å². The molecule has 64 valence electrons. The first kappa shape index (κ1) is 7.43. The van der Waals surface area contributed by atoms with Gasteiger partial charge in [-0.1, -0.05) is 6.08 Å². The zero-order valence-electron chi connectivity index (χ0n) is 6.93. The molecule has 12 heavy (non-hydrogen) atoms. The number of nitrogen functional groups attached to an aromatic ring is 1. The Morgan fingerprint density at radius 1 is 1.42 bits per heavy atom. The van der Waals surface area contributed by atoms with Crippen LogP contribution in [-0.4, -0.2) is 18.1 Å². The third-order valence-electron chi connectivity index (χ3n) is 2.14. The molecule has 0 unspecified atom stereocenters. The van der Waals surface area contributed by atoms with Gasteiger partial charge < -0.3 is 16.0 Å². The van der Waals surface area contributed by atoms with Crippen LogP contribution >= 0.6 is 0 Å². The number of H-pyrrole nitrogens is 1. The van der Waals surface area contributed by atoms with Crippen LogP contribution in [-0.2, 0) is 0 Å². The smallest absolute Gasteiger partial charge is 0.101 e. The first-order valence-electron chi connectivity index (χ1n) is 4.20. The van der Waals surface area contributed by atoms with Gasteiger partial charge in [0, 0.05) is 12.7 Å². The molecular formula is C9H13N3. The van der Waals surface area contributed by atoms with E-state index >= 15 is 0 Å². The summed E-state index contributed by atoms with van der Waals surface area (Å²) in [5.41, 5.74) is 8.21. The van der Waals surface area contributed by atoms with Crippen molar-refractivity contribution in [2.75, 3.05) is 18.8 Å². The maximum atomic E-state index is 5.59. The second-order valence-corrected chi connectivity index (χ2v) is 3.03. The average Bonchev–Trinajstić information content (AvgIpc) is 2.54. The number of hydrogen-bond acceptors (Lipinski definition) is 2. The molecule has 2 rings (SSSR count). The molecule has 3 nitrogen and oxygen atoms in total. The van der Waals surface area contributed by atoms with Crippen LogP contribution in [0.15, 0.2) is 18.3 Å². The van der Waals surface area contributed by atoms with Gasteiger partial charge >= 0.3 is 0 Å². The lowest BCUT2D eigenvalue weighted by Gasteiger charge is -2.12. The summed E-state index contributed by atoms with van der Waals surface area (Å²) in [6.45, 7) is 2.04. The van der Waals surface area contributed by atoms with Gasteiger partial charge in [0.25, 0.3) is 0 Å². The Bertz CT molecular complexity index is 298. The standard InChI is InChI=1S/C9H13N3/c10-9-5-8(6-12-9)7-1-3-11-4-2-7/h1,5-6,11-12H,2-4,10H2. The van der Waals surface area contributed by atoms with E-state index in [2.05, 4.69) is 16.4 Å². The van der Waals surface area contributed by atoms with Crippen molar-refractivity contribution < 1.29 is 0 Å². The fraction of sp³-hybridized carbons (Fsp3) is 0.333. The molecule has 1 aliphatic rings. The third kappa shape index (κ3) is 1.36. The summed E-state index contributed by atoms with van der Waals surface area (Å²) in [4.78, 5) is 2.98. The van der Waals surface area contributed by atoms with Gasteiger partial charge in [-0.2, -0.15) is 0 Å². The Morgan fingerprint density at radius 2 is 2.33 bits per heavy atom. The van der Waals surface area contributed by atoms with E-state index < -0.39 is 0 Å². The van der Waals surface area contributed by atoms with E-state index in [0.29, 0.717) is 0 Å². The number of anilines is 1. The highest BCUT2D eigenvalue weighted by molar-refractivity contribution is 5.68. The zero-order chi connectivity index (χ0) is 8.39. The number of nitrogens with one attached hydrogen (secondary N) is 2. The Hall–Kier alpha value is -1.22. The lowest BCUT2D eigenvalue weighted by Crippen LogP contribution is -2.19. The molecule has 1 aromatic heterocycles. The molecule has 2 heterocycles. The van der Waals surface area contributed by atoms with Crippen LogP contribution in [0.2, 0.25) is 0 Å². The molecule has 1 aliphatic heterocycles. The molecule has 0 saturated heterocycles. The zero-order valence-corrected chi connectivity index (χ0v) is 6.93. The van der Waals surface area contributed by atoms with Gasteiger partial charge in [-0.3, -0.25) is 0 Å². The van der Waals surface area contributed by atoms with Gasteiger partial charge in [-0.25, -0.2) is 0 Å². The predicted molar refractivity (Wildman–Crippen MR) is 50.7 cm³/mol. The van der Waals surface area contributed by atoms with E-state index in [1.165, 1.54) is 11.1 Å². The van der Waals surface area contributed by atoms with Crippen LogP contribution in [0.25, 0.3) is 5.57 Å². The minimum Gasteiger partial charge on any atom is -0.385 e. The molecule has 0 radical (unpaired) electrons. The minimum absolute atomic E-state index is 0.740. The minimum atomic E-state index is 0.740. The molecule has 0 fully saturated rings. The highest BCUT2D eigenvalue weighted by Gasteiger charge is 2.06. The van der Waals surface area contributed by atoms with Crippen LogP contribution in [0.5, 0.6) is 0 Å². The van der Waals surface area contributed by atoms with E-state index in [-0.39, 0.29) is 0 Å². The topological polar surface area (TPSA) is 53.8 Å². The molecule has 0 amide bonds. The van der Waals surface area contributed by atoms with Crippen molar-refractivity contribution >= 4 is 11.4 Å². The summed E-state index contributed by atoms with van der Waals surface area (Å²) in [7, 11) is 0. The Balaban J connectivity index is 2.23. The molecule has 0 saturated carbocycles. The number of hydrogen-bond donors (Lipinski definition) is 3. The summed E-state index contributed by atoms with van der Waals surface area (Å²) >= 11 is 0. The maximum Gasteiger partial charge on any atom is 0.101 e. The lowest BCUT2D eigenvalue weighted by molar-refractivity contribution is 0.739. The Kier molecular flexibility index (Phi) is 1.87. The summed E-state index contributed by atoms with van der Waals surface area (Å²) in [5, 5.41) is 3.27. The van der Waals surface area contributed by atoms with E-state index in [9.17, 15) is 0 Å². The van der Waals surface area contributed by atoms with Gasteiger partial charge in [0.05, 0.1) is 0 Å². The van der Waals surface area contributed by atoms with Crippen molar-refractivity contribution in [1.82, 2.24) is 10.3 Å². The van der Waals surface area contributed by atoms with Crippen LogP contribution in [0, 0.1) is 0 Å². The van der Waals surface area contributed by atoms with E-state index in [4.69, 9.17) is 5.73 Å². The van der Waals surface area contributed by atoms with Crippen molar-refractivity contribution in [2.45, 2.75) is 6.42 Å². The third-order valence-corrected chi connectivity index (χ3v) is 2.14. The number of nitrogens with two attached hydrogens (primary N) is 1. The Labute approximate surface area is 71.7 Å². The van der Waals surface area contributed by atoms with Gasteiger partial charge in [0.15, 0.2) is 0 Å². The van der Waals surface area contributed by atoms with Crippen molar-refractivity contribution in [3.8, 4) is 0 Å². The quantitative estimate of drug-likeness (QED) is 0.578. The summed E-state index contributed by atoms with van der Waals surface area (Å²) in [5.74, 6) is 0.740. The van der Waals surface area contributed by atoms with E-state index in [0.717, 1.165) is 25.3 Å². The predicted octanol–water partition coefficient (Wildman–Crippen LogP) is 0.974. The van der Waals surface area contributed by atoms with Crippen molar-refractivity contribution in [2.24, 2.45) is 0 Å². The van der Waals surface area contributed by atoms with E-state index in [1.807, 2.05) is 12.3 Å². The molecular weight excluding hydrogens is 150 g/mol. The van der Waals surface area contributed by atoms with Gasteiger partial charge in [0.1, 0.15) is 5.82 Å². The first-order chi connectivity index (χ1) is 5.86. The van der Waals surface area contributed by atoms with Crippen LogP contribution in [0.1, 0.15) is 12.0 Å². The first-order valence-corrected chi connectivity index (χ1v) is 4.20. The van der Waals surface area contributed by atoms with Gasteiger partial charge in [0.2, 0.25) is 0 Å². The average molecular weight is 163 g/mol. The molecule has 0 bridgehead atoms.